The summed E-state index contributed by atoms with van der Waals surface area (Å²) in [5, 5.41) is 0. The van der Waals surface area contributed by atoms with Crippen molar-refractivity contribution >= 4 is 11.6 Å². The van der Waals surface area contributed by atoms with Crippen LogP contribution in [0.5, 0.6) is 0 Å². The van der Waals surface area contributed by atoms with E-state index in [2.05, 4.69) is 6.92 Å². The standard InChI is InChI=1S/C14H21N3O2/c1-11-2-4-13(18)16(7-6-11)8-9-17-10-12(15)3-5-14(17)19/h3,5,10-11H,2,4,6-9,15H2,1H3. The number of amides is 1. The molecule has 19 heavy (non-hydrogen) atoms. The number of nitrogens with two attached hydrogens (primary N) is 1. The maximum absolute atomic E-state index is 11.9. The lowest BCUT2D eigenvalue weighted by Gasteiger charge is -2.21. The summed E-state index contributed by atoms with van der Waals surface area (Å²) >= 11 is 0. The predicted molar refractivity (Wildman–Crippen MR) is 74.7 cm³/mol. The number of rotatable bonds is 3. The van der Waals surface area contributed by atoms with Crippen LogP contribution in [0.4, 0.5) is 5.69 Å². The molecule has 1 fully saturated rings. The minimum atomic E-state index is -0.0789. The Morgan fingerprint density at radius 2 is 2.05 bits per heavy atom. The van der Waals surface area contributed by atoms with Crippen molar-refractivity contribution in [3.05, 3.63) is 28.7 Å². The van der Waals surface area contributed by atoms with E-state index in [0.29, 0.717) is 31.1 Å². The van der Waals surface area contributed by atoms with E-state index in [4.69, 9.17) is 5.73 Å². The summed E-state index contributed by atoms with van der Waals surface area (Å²) in [6.45, 7) is 4.05. The lowest BCUT2D eigenvalue weighted by molar-refractivity contribution is -0.130. The van der Waals surface area contributed by atoms with Gasteiger partial charge in [-0.2, -0.15) is 0 Å². The molecule has 5 nitrogen and oxygen atoms in total. The van der Waals surface area contributed by atoms with Crippen LogP contribution in [0.1, 0.15) is 26.2 Å². The fourth-order valence-electron chi connectivity index (χ4n) is 2.36. The third-order valence-electron chi connectivity index (χ3n) is 3.71. The summed E-state index contributed by atoms with van der Waals surface area (Å²) in [5.41, 5.74) is 6.15. The zero-order valence-corrected chi connectivity index (χ0v) is 11.3. The van der Waals surface area contributed by atoms with Crippen molar-refractivity contribution in [1.29, 1.82) is 0 Å². The van der Waals surface area contributed by atoms with Crippen LogP contribution in [0.2, 0.25) is 0 Å². The van der Waals surface area contributed by atoms with Crippen molar-refractivity contribution in [3.63, 3.8) is 0 Å². The summed E-state index contributed by atoms with van der Waals surface area (Å²) in [5.74, 6) is 0.797. The molecule has 1 amide bonds. The quantitative estimate of drug-likeness (QED) is 0.887. The molecule has 1 aromatic heterocycles. The van der Waals surface area contributed by atoms with Crippen LogP contribution >= 0.6 is 0 Å². The summed E-state index contributed by atoms with van der Waals surface area (Å²) in [4.78, 5) is 25.5. The van der Waals surface area contributed by atoms with Crippen LogP contribution in [0, 0.1) is 5.92 Å². The number of likely N-dealkylation sites (tertiary alicyclic amines) is 1. The van der Waals surface area contributed by atoms with Crippen LogP contribution in [-0.4, -0.2) is 28.5 Å². The average molecular weight is 263 g/mol. The highest BCUT2D eigenvalue weighted by molar-refractivity contribution is 5.76. The number of pyridine rings is 1. The molecule has 1 saturated heterocycles. The minimum absolute atomic E-state index is 0.0789. The molecule has 1 aliphatic rings. The lowest BCUT2D eigenvalue weighted by Crippen LogP contribution is -2.35. The number of nitrogens with zero attached hydrogens (tertiary/aromatic N) is 2. The van der Waals surface area contributed by atoms with E-state index < -0.39 is 0 Å². The normalized spacial score (nSPS) is 20.4. The van der Waals surface area contributed by atoms with Gasteiger partial charge in [-0.25, -0.2) is 0 Å². The maximum Gasteiger partial charge on any atom is 0.250 e. The molecule has 1 aliphatic heterocycles. The zero-order chi connectivity index (χ0) is 13.8. The van der Waals surface area contributed by atoms with Crippen molar-refractivity contribution in [2.24, 2.45) is 5.92 Å². The molecule has 5 heteroatoms. The van der Waals surface area contributed by atoms with Gasteiger partial charge in [0.05, 0.1) is 0 Å². The third-order valence-corrected chi connectivity index (χ3v) is 3.71. The van der Waals surface area contributed by atoms with Crippen molar-refractivity contribution in [2.75, 3.05) is 18.8 Å². The highest BCUT2D eigenvalue weighted by atomic mass is 16.2. The van der Waals surface area contributed by atoms with E-state index >= 15 is 0 Å². The van der Waals surface area contributed by atoms with E-state index in [1.165, 1.54) is 6.07 Å². The van der Waals surface area contributed by atoms with Gasteiger partial charge in [-0.3, -0.25) is 9.59 Å². The molecule has 1 atom stereocenters. The Hall–Kier alpha value is -1.78. The Balaban J connectivity index is 1.99. The molecule has 1 unspecified atom stereocenters. The number of anilines is 1. The predicted octanol–water partition coefficient (Wildman–Crippen LogP) is 1.08. The van der Waals surface area contributed by atoms with Crippen LogP contribution in [0.15, 0.2) is 23.1 Å². The lowest BCUT2D eigenvalue weighted by atomic mass is 10.0. The molecule has 0 spiro atoms. The van der Waals surface area contributed by atoms with Crippen molar-refractivity contribution < 1.29 is 4.79 Å². The van der Waals surface area contributed by atoms with Crippen LogP contribution in [0.3, 0.4) is 0 Å². The molecule has 1 aromatic rings. The van der Waals surface area contributed by atoms with E-state index in [1.54, 1.807) is 16.8 Å². The van der Waals surface area contributed by atoms with Crippen molar-refractivity contribution in [2.45, 2.75) is 32.7 Å². The molecule has 0 radical (unpaired) electrons. The Labute approximate surface area is 113 Å². The molecule has 104 valence electrons. The molecule has 0 saturated carbocycles. The number of hydrogen-bond acceptors (Lipinski definition) is 3. The van der Waals surface area contributed by atoms with Gasteiger partial charge >= 0.3 is 0 Å². The largest absolute Gasteiger partial charge is 0.398 e. The number of nitrogen functional groups attached to an aromatic ring is 1. The zero-order valence-electron chi connectivity index (χ0n) is 11.3. The molecule has 0 aromatic carbocycles. The van der Waals surface area contributed by atoms with Crippen LogP contribution < -0.4 is 11.3 Å². The third kappa shape index (κ3) is 3.59. The molecule has 0 aliphatic carbocycles. The van der Waals surface area contributed by atoms with Gasteiger partial charge < -0.3 is 15.2 Å². The monoisotopic (exact) mass is 263 g/mol. The summed E-state index contributed by atoms with van der Waals surface area (Å²) in [7, 11) is 0. The van der Waals surface area contributed by atoms with Gasteiger partial charge in [0.25, 0.3) is 5.56 Å². The number of carbonyl (C=O) groups excluding carboxylic acids is 1. The fraction of sp³-hybridized carbons (Fsp3) is 0.571. The van der Waals surface area contributed by atoms with E-state index in [1.807, 2.05) is 4.90 Å². The SMILES string of the molecule is CC1CCC(=O)N(CCn2cc(N)ccc2=O)CC1. The smallest absolute Gasteiger partial charge is 0.250 e. The van der Waals surface area contributed by atoms with E-state index in [-0.39, 0.29) is 11.5 Å². The van der Waals surface area contributed by atoms with Gasteiger partial charge in [0.15, 0.2) is 0 Å². The van der Waals surface area contributed by atoms with Gasteiger partial charge in [0.1, 0.15) is 0 Å². The summed E-state index contributed by atoms with van der Waals surface area (Å²) in [6, 6.07) is 3.05. The van der Waals surface area contributed by atoms with Gasteiger partial charge in [0.2, 0.25) is 5.91 Å². The summed E-state index contributed by atoms with van der Waals surface area (Å²) < 4.78 is 1.57. The molecule has 2 heterocycles. The first-order valence-corrected chi connectivity index (χ1v) is 6.80. The van der Waals surface area contributed by atoms with Gasteiger partial charge in [-0.1, -0.05) is 6.92 Å². The highest BCUT2D eigenvalue weighted by Gasteiger charge is 2.19. The summed E-state index contributed by atoms with van der Waals surface area (Å²) in [6.07, 6.45) is 4.26. The first-order chi connectivity index (χ1) is 9.06. The maximum atomic E-state index is 11.9. The number of hydrogen-bond donors (Lipinski definition) is 1. The Bertz CT molecular complexity index is 510. The van der Waals surface area contributed by atoms with E-state index in [0.717, 1.165) is 19.4 Å². The average Bonchev–Trinajstić information content (AvgIpc) is 2.54. The number of carbonyl (C=O) groups is 1. The molecule has 2 N–H and O–H groups in total. The minimum Gasteiger partial charge on any atom is -0.398 e. The van der Waals surface area contributed by atoms with Gasteiger partial charge in [-0.15, -0.1) is 0 Å². The van der Waals surface area contributed by atoms with E-state index in [9.17, 15) is 9.59 Å². The molecular weight excluding hydrogens is 242 g/mol. The Kier molecular flexibility index (Phi) is 4.24. The van der Waals surface area contributed by atoms with Crippen molar-refractivity contribution in [3.8, 4) is 0 Å². The van der Waals surface area contributed by atoms with Crippen molar-refractivity contribution in [1.82, 2.24) is 9.47 Å². The molecule has 0 bridgehead atoms. The Morgan fingerprint density at radius 3 is 2.84 bits per heavy atom. The second-order valence-corrected chi connectivity index (χ2v) is 5.31. The van der Waals surface area contributed by atoms with Gasteiger partial charge in [-0.05, 0) is 24.8 Å². The molecular formula is C14H21N3O2. The highest BCUT2D eigenvalue weighted by Crippen LogP contribution is 2.17. The first-order valence-electron chi connectivity index (χ1n) is 6.80. The van der Waals surface area contributed by atoms with Gasteiger partial charge in [0, 0.05) is 44.0 Å². The van der Waals surface area contributed by atoms with Crippen LogP contribution in [0.25, 0.3) is 0 Å². The topological polar surface area (TPSA) is 68.3 Å². The van der Waals surface area contributed by atoms with Crippen LogP contribution in [-0.2, 0) is 11.3 Å². The molecule has 2 rings (SSSR count). The fourth-order valence-corrected chi connectivity index (χ4v) is 2.36. The number of aromatic nitrogens is 1. The Morgan fingerprint density at radius 1 is 1.26 bits per heavy atom. The second kappa shape index (κ2) is 5.91. The first kappa shape index (κ1) is 13.6. The second-order valence-electron chi connectivity index (χ2n) is 5.31.